The normalized spacial score (nSPS) is 10.6. The molecule has 0 aromatic heterocycles. The van der Waals surface area contributed by atoms with Crippen LogP contribution >= 0.6 is 0 Å². The minimum Gasteiger partial charge on any atom is -0.192 e. The number of rotatable bonds is 11. The SMILES string of the molecule is CCCCCc1ccc(CCCCCCc2ccc(C#N)cc2)cc1. The van der Waals surface area contributed by atoms with Gasteiger partial charge in [-0.15, -0.1) is 0 Å². The number of hydrogen-bond donors (Lipinski definition) is 0. The second kappa shape index (κ2) is 11.5. The van der Waals surface area contributed by atoms with E-state index in [9.17, 15) is 0 Å². The van der Waals surface area contributed by atoms with Gasteiger partial charge in [0.25, 0.3) is 0 Å². The van der Waals surface area contributed by atoms with Crippen molar-refractivity contribution in [2.75, 3.05) is 0 Å². The zero-order valence-corrected chi connectivity index (χ0v) is 15.6. The molecule has 0 amide bonds. The summed E-state index contributed by atoms with van der Waals surface area (Å²) >= 11 is 0. The number of hydrogen-bond acceptors (Lipinski definition) is 1. The molecule has 0 heterocycles. The van der Waals surface area contributed by atoms with Crippen LogP contribution in [0.2, 0.25) is 0 Å². The Kier molecular flexibility index (Phi) is 8.84. The molecule has 2 aromatic rings. The van der Waals surface area contributed by atoms with Crippen molar-refractivity contribution >= 4 is 0 Å². The molecule has 0 aliphatic rings. The zero-order chi connectivity index (χ0) is 17.7. The van der Waals surface area contributed by atoms with E-state index in [1.54, 1.807) is 0 Å². The molecule has 1 nitrogen and oxygen atoms in total. The van der Waals surface area contributed by atoms with Gasteiger partial charge in [-0.3, -0.25) is 0 Å². The first-order valence-corrected chi connectivity index (χ1v) is 9.88. The Balaban J connectivity index is 1.57. The smallest absolute Gasteiger partial charge is 0.0991 e. The summed E-state index contributed by atoms with van der Waals surface area (Å²) in [5.74, 6) is 0. The third-order valence-electron chi connectivity index (χ3n) is 4.86. The lowest BCUT2D eigenvalue weighted by Crippen LogP contribution is -1.90. The van der Waals surface area contributed by atoms with Crippen LogP contribution in [-0.2, 0) is 19.3 Å². The van der Waals surface area contributed by atoms with Crippen LogP contribution in [0.15, 0.2) is 48.5 Å². The lowest BCUT2D eigenvalue weighted by molar-refractivity contribution is 0.640. The molecule has 0 spiro atoms. The van der Waals surface area contributed by atoms with E-state index < -0.39 is 0 Å². The van der Waals surface area contributed by atoms with Crippen molar-refractivity contribution in [1.82, 2.24) is 0 Å². The summed E-state index contributed by atoms with van der Waals surface area (Å²) in [5, 5.41) is 8.81. The molecule has 0 atom stereocenters. The molecule has 2 aromatic carbocycles. The van der Waals surface area contributed by atoms with E-state index in [1.165, 1.54) is 74.5 Å². The monoisotopic (exact) mass is 333 g/mol. The summed E-state index contributed by atoms with van der Waals surface area (Å²) in [6, 6.07) is 19.4. The molecule has 2 rings (SSSR count). The van der Waals surface area contributed by atoms with Crippen molar-refractivity contribution in [2.45, 2.75) is 71.1 Å². The molecule has 1 heteroatoms. The highest BCUT2D eigenvalue weighted by Crippen LogP contribution is 2.13. The molecule has 0 N–H and O–H groups in total. The molecule has 25 heavy (non-hydrogen) atoms. The fourth-order valence-electron chi connectivity index (χ4n) is 3.21. The van der Waals surface area contributed by atoms with Crippen molar-refractivity contribution in [1.29, 1.82) is 5.26 Å². The summed E-state index contributed by atoms with van der Waals surface area (Å²) in [4.78, 5) is 0. The van der Waals surface area contributed by atoms with E-state index in [1.807, 2.05) is 12.1 Å². The van der Waals surface area contributed by atoms with Gasteiger partial charge in [0.1, 0.15) is 0 Å². The lowest BCUT2D eigenvalue weighted by atomic mass is 10.0. The summed E-state index contributed by atoms with van der Waals surface area (Å²) < 4.78 is 0. The number of aryl methyl sites for hydroxylation is 3. The van der Waals surface area contributed by atoms with Crippen molar-refractivity contribution in [2.24, 2.45) is 0 Å². The number of benzene rings is 2. The highest BCUT2D eigenvalue weighted by atomic mass is 14.2. The second-order valence-corrected chi connectivity index (χ2v) is 7.00. The molecule has 0 radical (unpaired) electrons. The van der Waals surface area contributed by atoms with Gasteiger partial charge < -0.3 is 0 Å². The molecule has 0 aliphatic carbocycles. The van der Waals surface area contributed by atoms with Gasteiger partial charge in [-0.05, 0) is 67.3 Å². The number of nitrogens with zero attached hydrogens (tertiary/aromatic N) is 1. The zero-order valence-electron chi connectivity index (χ0n) is 15.6. The Bertz CT molecular complexity index is 631. The van der Waals surface area contributed by atoms with Crippen LogP contribution in [-0.4, -0.2) is 0 Å². The summed E-state index contributed by atoms with van der Waals surface area (Å²) in [5.41, 5.74) is 5.06. The van der Waals surface area contributed by atoms with E-state index >= 15 is 0 Å². The molecule has 0 unspecified atom stereocenters. The van der Waals surface area contributed by atoms with Crippen LogP contribution in [0.1, 0.15) is 74.1 Å². The van der Waals surface area contributed by atoms with Crippen LogP contribution in [0.4, 0.5) is 0 Å². The molecule has 132 valence electrons. The molecule has 0 saturated carbocycles. The third kappa shape index (κ3) is 7.57. The Morgan fingerprint density at radius 2 is 1.00 bits per heavy atom. The number of unbranched alkanes of at least 4 members (excludes halogenated alkanes) is 5. The Morgan fingerprint density at radius 1 is 0.600 bits per heavy atom. The first-order valence-electron chi connectivity index (χ1n) is 9.88. The van der Waals surface area contributed by atoms with Gasteiger partial charge in [0.15, 0.2) is 0 Å². The quantitative estimate of drug-likeness (QED) is 0.423. The molecule has 0 fully saturated rings. The van der Waals surface area contributed by atoms with Crippen molar-refractivity contribution < 1.29 is 0 Å². The van der Waals surface area contributed by atoms with E-state index in [4.69, 9.17) is 5.26 Å². The van der Waals surface area contributed by atoms with Gasteiger partial charge in [0, 0.05) is 0 Å². The second-order valence-electron chi connectivity index (χ2n) is 7.00. The Hall–Kier alpha value is -2.07. The van der Waals surface area contributed by atoms with E-state index in [-0.39, 0.29) is 0 Å². The first kappa shape index (κ1) is 19.3. The molecular weight excluding hydrogens is 302 g/mol. The largest absolute Gasteiger partial charge is 0.192 e. The van der Waals surface area contributed by atoms with E-state index in [0.717, 1.165) is 12.0 Å². The van der Waals surface area contributed by atoms with Gasteiger partial charge in [-0.2, -0.15) is 5.26 Å². The summed E-state index contributed by atoms with van der Waals surface area (Å²) in [7, 11) is 0. The molecule has 0 saturated heterocycles. The Labute approximate surface area is 153 Å². The topological polar surface area (TPSA) is 23.8 Å². The average Bonchev–Trinajstić information content (AvgIpc) is 2.66. The summed E-state index contributed by atoms with van der Waals surface area (Å²) in [6.45, 7) is 2.26. The highest BCUT2D eigenvalue weighted by molar-refractivity contribution is 5.31. The van der Waals surface area contributed by atoms with Gasteiger partial charge in [0.05, 0.1) is 11.6 Å². The van der Waals surface area contributed by atoms with E-state index in [2.05, 4.69) is 49.4 Å². The molecule has 0 bridgehead atoms. The minimum absolute atomic E-state index is 0.750. The number of nitriles is 1. The van der Waals surface area contributed by atoms with E-state index in [0.29, 0.717) is 0 Å². The van der Waals surface area contributed by atoms with Crippen molar-refractivity contribution in [3.63, 3.8) is 0 Å². The first-order chi connectivity index (χ1) is 12.3. The standard InChI is InChI=1S/C24H31N/c1-2-3-6-9-21-12-14-22(15-13-21)10-7-4-5-8-11-23-16-18-24(20-25)19-17-23/h12-19H,2-11H2,1H3. The van der Waals surface area contributed by atoms with Gasteiger partial charge in [-0.25, -0.2) is 0 Å². The maximum absolute atomic E-state index is 8.81. The fourth-order valence-corrected chi connectivity index (χ4v) is 3.21. The van der Waals surface area contributed by atoms with Crippen LogP contribution in [0, 0.1) is 11.3 Å². The van der Waals surface area contributed by atoms with Crippen LogP contribution in [0.3, 0.4) is 0 Å². The minimum atomic E-state index is 0.750. The summed E-state index contributed by atoms with van der Waals surface area (Å²) in [6.07, 6.45) is 12.6. The Morgan fingerprint density at radius 3 is 1.40 bits per heavy atom. The maximum Gasteiger partial charge on any atom is 0.0991 e. The van der Waals surface area contributed by atoms with Gasteiger partial charge >= 0.3 is 0 Å². The molecule has 0 aliphatic heterocycles. The predicted molar refractivity (Wildman–Crippen MR) is 107 cm³/mol. The van der Waals surface area contributed by atoms with Crippen LogP contribution in [0.5, 0.6) is 0 Å². The van der Waals surface area contributed by atoms with Gasteiger partial charge in [0.2, 0.25) is 0 Å². The molecular formula is C24H31N. The van der Waals surface area contributed by atoms with Crippen molar-refractivity contribution in [3.05, 3.63) is 70.8 Å². The average molecular weight is 334 g/mol. The predicted octanol–water partition coefficient (Wildman–Crippen LogP) is 6.64. The van der Waals surface area contributed by atoms with Gasteiger partial charge in [-0.1, -0.05) is 69.0 Å². The fraction of sp³-hybridized carbons (Fsp3) is 0.458. The highest BCUT2D eigenvalue weighted by Gasteiger charge is 1.98. The maximum atomic E-state index is 8.81. The van der Waals surface area contributed by atoms with Crippen molar-refractivity contribution in [3.8, 4) is 6.07 Å². The van der Waals surface area contributed by atoms with Crippen LogP contribution < -0.4 is 0 Å². The van der Waals surface area contributed by atoms with Crippen LogP contribution in [0.25, 0.3) is 0 Å². The third-order valence-corrected chi connectivity index (χ3v) is 4.86. The lowest BCUT2D eigenvalue weighted by Gasteiger charge is -2.05.